The number of likely N-dealkylation sites (tertiary alicyclic amines) is 1. The first-order valence-corrected chi connectivity index (χ1v) is 13.8. The zero-order chi connectivity index (χ0) is 27.6. The summed E-state index contributed by atoms with van der Waals surface area (Å²) in [4.78, 5) is 29.1. The fraction of sp³-hybridized carbons (Fsp3) is 0.355. The molecular formula is C31H33FN6O2. The molecule has 8 nitrogen and oxygen atoms in total. The van der Waals surface area contributed by atoms with E-state index in [2.05, 4.69) is 33.1 Å². The molecule has 9 heteroatoms. The zero-order valence-electron chi connectivity index (χ0n) is 22.5. The summed E-state index contributed by atoms with van der Waals surface area (Å²) in [6, 6.07) is 21.7. The number of carbonyl (C=O) groups is 2. The molecule has 206 valence electrons. The molecule has 0 radical (unpaired) electrons. The smallest absolute Gasteiger partial charge is 0.243 e. The maximum Gasteiger partial charge on any atom is 0.243 e. The summed E-state index contributed by atoms with van der Waals surface area (Å²) in [5, 5.41) is 14.7. The van der Waals surface area contributed by atoms with Gasteiger partial charge in [-0.3, -0.25) is 9.59 Å². The Morgan fingerprint density at radius 2 is 1.88 bits per heavy atom. The number of rotatable bonds is 7. The van der Waals surface area contributed by atoms with Gasteiger partial charge in [-0.25, -0.2) is 9.07 Å². The largest absolute Gasteiger partial charge is 0.350 e. The summed E-state index contributed by atoms with van der Waals surface area (Å²) in [5.41, 5.74) is 4.68. The predicted molar refractivity (Wildman–Crippen MR) is 150 cm³/mol. The number of carbonyl (C=O) groups excluding carboxylic acids is 2. The molecule has 40 heavy (non-hydrogen) atoms. The second kappa shape index (κ2) is 11.2. The fourth-order valence-electron chi connectivity index (χ4n) is 6.17. The van der Waals surface area contributed by atoms with Gasteiger partial charge in [-0.2, -0.15) is 0 Å². The molecule has 2 amide bonds. The zero-order valence-corrected chi connectivity index (χ0v) is 22.5. The number of amides is 2. The van der Waals surface area contributed by atoms with Gasteiger partial charge in [-0.15, -0.1) is 5.10 Å². The van der Waals surface area contributed by atoms with Gasteiger partial charge in [-0.05, 0) is 72.1 Å². The molecule has 2 saturated heterocycles. The third kappa shape index (κ3) is 5.47. The summed E-state index contributed by atoms with van der Waals surface area (Å²) in [6.07, 6.45) is 1.84. The van der Waals surface area contributed by atoms with Gasteiger partial charge in [0.15, 0.2) is 0 Å². The number of hydrogen-bond donors (Lipinski definition) is 2. The predicted octanol–water partition coefficient (Wildman–Crippen LogP) is 3.33. The molecule has 0 saturated carbocycles. The van der Waals surface area contributed by atoms with Crippen molar-refractivity contribution < 1.29 is 14.0 Å². The Labute approximate surface area is 232 Å². The van der Waals surface area contributed by atoms with Crippen molar-refractivity contribution in [3.8, 4) is 0 Å². The van der Waals surface area contributed by atoms with Gasteiger partial charge in [0.2, 0.25) is 11.8 Å². The molecule has 2 aliphatic rings. The minimum atomic E-state index is -0.580. The number of aromatic nitrogens is 3. The molecule has 3 aromatic carbocycles. The van der Waals surface area contributed by atoms with Crippen molar-refractivity contribution in [3.63, 3.8) is 0 Å². The normalized spacial score (nSPS) is 22.6. The van der Waals surface area contributed by atoms with E-state index in [0.29, 0.717) is 32.4 Å². The topological polar surface area (TPSA) is 92.2 Å². The molecule has 2 aliphatic heterocycles. The number of nitrogens with one attached hydrogen (secondary N) is 2. The first kappa shape index (κ1) is 26.1. The highest BCUT2D eigenvalue weighted by Crippen LogP contribution is 2.31. The minimum absolute atomic E-state index is 0.0405. The Kier molecular flexibility index (Phi) is 7.30. The summed E-state index contributed by atoms with van der Waals surface area (Å²) >= 11 is 0. The van der Waals surface area contributed by atoms with E-state index in [1.54, 1.807) is 15.6 Å². The van der Waals surface area contributed by atoms with Gasteiger partial charge in [0.25, 0.3) is 0 Å². The van der Waals surface area contributed by atoms with E-state index in [-0.39, 0.29) is 35.5 Å². The highest BCUT2D eigenvalue weighted by atomic mass is 19.1. The van der Waals surface area contributed by atoms with E-state index >= 15 is 0 Å². The summed E-state index contributed by atoms with van der Waals surface area (Å²) in [5.74, 6) is -0.180. The van der Waals surface area contributed by atoms with Crippen LogP contribution in [-0.2, 0) is 29.6 Å². The molecule has 4 unspecified atom stereocenters. The van der Waals surface area contributed by atoms with Gasteiger partial charge in [0.05, 0.1) is 11.6 Å². The lowest BCUT2D eigenvalue weighted by Gasteiger charge is -2.27. The number of fused-ring (bicyclic) bond motifs is 1. The number of aryl methyl sites for hydroxylation is 1. The van der Waals surface area contributed by atoms with Crippen LogP contribution >= 0.6 is 0 Å². The number of hydrogen-bond acceptors (Lipinski definition) is 5. The first-order valence-electron chi connectivity index (χ1n) is 13.8. The van der Waals surface area contributed by atoms with Crippen LogP contribution in [0, 0.1) is 11.7 Å². The van der Waals surface area contributed by atoms with Crippen molar-refractivity contribution in [3.05, 3.63) is 95.3 Å². The van der Waals surface area contributed by atoms with Crippen molar-refractivity contribution >= 4 is 22.8 Å². The van der Waals surface area contributed by atoms with Crippen LogP contribution in [0.2, 0.25) is 0 Å². The second-order valence-corrected chi connectivity index (χ2v) is 11.0. The van der Waals surface area contributed by atoms with Crippen LogP contribution in [0.4, 0.5) is 4.39 Å². The van der Waals surface area contributed by atoms with E-state index in [1.165, 1.54) is 17.7 Å². The van der Waals surface area contributed by atoms with Crippen molar-refractivity contribution in [1.82, 2.24) is 30.5 Å². The second-order valence-electron chi connectivity index (χ2n) is 11.0. The van der Waals surface area contributed by atoms with Crippen LogP contribution in [0.25, 0.3) is 11.0 Å². The highest BCUT2D eigenvalue weighted by Gasteiger charge is 2.43. The van der Waals surface area contributed by atoms with E-state index in [0.717, 1.165) is 28.7 Å². The van der Waals surface area contributed by atoms with Crippen LogP contribution in [-0.4, -0.2) is 56.9 Å². The molecule has 0 bridgehead atoms. The molecular weight excluding hydrogens is 507 g/mol. The van der Waals surface area contributed by atoms with Gasteiger partial charge >= 0.3 is 0 Å². The molecule has 2 N–H and O–H groups in total. The lowest BCUT2D eigenvalue weighted by atomic mass is 9.96. The Bertz CT molecular complexity index is 1520. The molecule has 4 atom stereocenters. The molecule has 6 rings (SSSR count). The lowest BCUT2D eigenvalue weighted by molar-refractivity contribution is -0.139. The number of benzene rings is 3. The summed E-state index contributed by atoms with van der Waals surface area (Å²) in [7, 11) is 1.84. The van der Waals surface area contributed by atoms with Gasteiger partial charge in [0.1, 0.15) is 17.4 Å². The average Bonchev–Trinajstić information content (AvgIpc) is 3.71. The van der Waals surface area contributed by atoms with Crippen LogP contribution in [0.15, 0.2) is 72.8 Å². The van der Waals surface area contributed by atoms with Gasteiger partial charge in [-0.1, -0.05) is 53.7 Å². The van der Waals surface area contributed by atoms with E-state index in [4.69, 9.17) is 0 Å². The number of nitrogens with zero attached hydrogens (tertiary/aromatic N) is 4. The summed E-state index contributed by atoms with van der Waals surface area (Å²) in [6.45, 7) is 1.52. The van der Waals surface area contributed by atoms with Crippen molar-refractivity contribution in [2.24, 2.45) is 13.0 Å². The third-order valence-corrected chi connectivity index (χ3v) is 8.23. The molecule has 2 fully saturated rings. The quantitative estimate of drug-likeness (QED) is 0.375. The van der Waals surface area contributed by atoms with Crippen LogP contribution in [0.5, 0.6) is 0 Å². The number of halogens is 1. The SMILES string of the molecule is Cn1nnc2cc(CNC(=O)C3CC(Cc4cccc(F)c4)CN3C(=O)C3CC(c4ccccc4)CN3)ccc21. The van der Waals surface area contributed by atoms with E-state index < -0.39 is 6.04 Å². The standard InChI is InChI=1S/C31H33FN6O2/c1-37-28-11-10-21(14-26(28)35-36-37)17-34-30(39)29-15-22(12-20-6-5-9-25(32)13-20)19-38(29)31(40)27-16-24(18-33-27)23-7-3-2-4-8-23/h2-11,13-14,22,24,27,29,33H,12,15-19H2,1H3,(H,34,39). The van der Waals surface area contributed by atoms with Gasteiger partial charge < -0.3 is 15.5 Å². The molecule has 3 heterocycles. The molecule has 4 aromatic rings. The monoisotopic (exact) mass is 540 g/mol. The Morgan fingerprint density at radius 1 is 1.02 bits per heavy atom. The van der Waals surface area contributed by atoms with E-state index in [1.807, 2.05) is 49.5 Å². The maximum atomic E-state index is 13.8. The summed E-state index contributed by atoms with van der Waals surface area (Å²) < 4.78 is 15.6. The average molecular weight is 541 g/mol. The lowest BCUT2D eigenvalue weighted by Crippen LogP contribution is -2.51. The first-order chi connectivity index (χ1) is 19.4. The fourth-order valence-corrected chi connectivity index (χ4v) is 6.17. The Balaban J connectivity index is 1.16. The Hall–Kier alpha value is -4.11. The maximum absolute atomic E-state index is 13.8. The third-order valence-electron chi connectivity index (χ3n) is 8.23. The Morgan fingerprint density at radius 3 is 2.70 bits per heavy atom. The van der Waals surface area contributed by atoms with Crippen molar-refractivity contribution in [1.29, 1.82) is 0 Å². The molecule has 0 aliphatic carbocycles. The van der Waals surface area contributed by atoms with Crippen LogP contribution in [0.3, 0.4) is 0 Å². The van der Waals surface area contributed by atoms with E-state index in [9.17, 15) is 14.0 Å². The molecule has 0 spiro atoms. The van der Waals surface area contributed by atoms with Crippen LogP contribution < -0.4 is 10.6 Å². The highest BCUT2D eigenvalue weighted by molar-refractivity contribution is 5.90. The molecule has 1 aromatic heterocycles. The van der Waals surface area contributed by atoms with Crippen LogP contribution in [0.1, 0.15) is 35.4 Å². The van der Waals surface area contributed by atoms with Crippen molar-refractivity contribution in [2.45, 2.75) is 43.8 Å². The minimum Gasteiger partial charge on any atom is -0.350 e. The van der Waals surface area contributed by atoms with Gasteiger partial charge in [0, 0.05) is 26.7 Å². The van der Waals surface area contributed by atoms with Crippen molar-refractivity contribution in [2.75, 3.05) is 13.1 Å².